The van der Waals surface area contributed by atoms with Crippen LogP contribution in [-0.4, -0.2) is 20.5 Å². The van der Waals surface area contributed by atoms with Crippen LogP contribution in [0, 0.1) is 0 Å². The molecule has 2 nitrogen and oxygen atoms in total. The van der Waals surface area contributed by atoms with Crippen LogP contribution in [0.2, 0.25) is 12.6 Å². The molecule has 0 aliphatic rings. The van der Waals surface area contributed by atoms with E-state index in [-0.39, 0.29) is 32.7 Å². The maximum Gasteiger partial charge on any atom is 0.331 e. The minimum Gasteiger partial charge on any atom is -0.411 e. The van der Waals surface area contributed by atoms with E-state index in [4.69, 9.17) is 9.22 Å². The van der Waals surface area contributed by atoms with E-state index in [0.717, 1.165) is 6.04 Å². The fraction of sp³-hybridized carbons (Fsp3) is 1.00. The van der Waals surface area contributed by atoms with E-state index < -0.39 is 8.56 Å². The SMILES string of the molecule is CC[Si](C)(O)OC.[Y]. The second-order valence-corrected chi connectivity index (χ2v) is 5.20. The van der Waals surface area contributed by atoms with E-state index in [1.807, 2.05) is 6.92 Å². The molecule has 8 heavy (non-hydrogen) atoms. The first kappa shape index (κ1) is 12.0. The summed E-state index contributed by atoms with van der Waals surface area (Å²) in [5.74, 6) is 0. The van der Waals surface area contributed by atoms with Crippen molar-refractivity contribution in [1.82, 2.24) is 0 Å². The van der Waals surface area contributed by atoms with Gasteiger partial charge in [-0.3, -0.25) is 0 Å². The molecule has 47 valence electrons. The molecule has 0 aromatic rings. The molecule has 0 rings (SSSR count). The van der Waals surface area contributed by atoms with Gasteiger partial charge in [-0.15, -0.1) is 0 Å². The molecule has 0 aliphatic heterocycles. The normalized spacial score (nSPS) is 16.5. The van der Waals surface area contributed by atoms with Crippen molar-refractivity contribution in [2.24, 2.45) is 0 Å². The van der Waals surface area contributed by atoms with E-state index in [1.165, 1.54) is 0 Å². The molecule has 0 spiro atoms. The van der Waals surface area contributed by atoms with E-state index in [1.54, 1.807) is 13.7 Å². The van der Waals surface area contributed by atoms with Gasteiger partial charge < -0.3 is 9.22 Å². The monoisotopic (exact) mass is 209 g/mol. The smallest absolute Gasteiger partial charge is 0.331 e. The molecule has 0 aromatic heterocycles. The van der Waals surface area contributed by atoms with Crippen molar-refractivity contribution in [2.45, 2.75) is 19.5 Å². The first-order valence-electron chi connectivity index (χ1n) is 2.40. The minimum atomic E-state index is -2.15. The maximum absolute atomic E-state index is 9.05. The summed E-state index contributed by atoms with van der Waals surface area (Å²) in [5.41, 5.74) is 0. The molecule has 1 unspecified atom stereocenters. The van der Waals surface area contributed by atoms with Gasteiger partial charge in [-0.1, -0.05) is 6.92 Å². The van der Waals surface area contributed by atoms with Crippen molar-refractivity contribution in [2.75, 3.05) is 7.11 Å². The van der Waals surface area contributed by atoms with E-state index in [9.17, 15) is 0 Å². The van der Waals surface area contributed by atoms with Crippen LogP contribution < -0.4 is 0 Å². The fourth-order valence-electron chi connectivity index (χ4n) is 0.144. The molecular formula is C4H12O2SiY. The third-order valence-corrected chi connectivity index (χ3v) is 3.29. The largest absolute Gasteiger partial charge is 0.411 e. The Bertz CT molecular complexity index is 52.0. The van der Waals surface area contributed by atoms with Crippen LogP contribution in [0.3, 0.4) is 0 Å². The fourth-order valence-corrected chi connectivity index (χ4v) is 0.433. The van der Waals surface area contributed by atoms with Crippen LogP contribution in [0.5, 0.6) is 0 Å². The van der Waals surface area contributed by atoms with Crippen LogP contribution in [0.15, 0.2) is 0 Å². The second-order valence-electron chi connectivity index (χ2n) is 1.73. The van der Waals surface area contributed by atoms with E-state index in [2.05, 4.69) is 0 Å². The van der Waals surface area contributed by atoms with Crippen LogP contribution in [0.1, 0.15) is 6.92 Å². The molecule has 0 amide bonds. The predicted molar refractivity (Wildman–Crippen MR) is 31.3 cm³/mol. The first-order chi connectivity index (χ1) is 3.12. The third kappa shape index (κ3) is 5.38. The Balaban J connectivity index is 0. The molecule has 0 aliphatic carbocycles. The standard InChI is InChI=1S/C4H12O2Si.Y/c1-4-7(3,5)6-2;/h5H,4H2,1-3H3;. The van der Waals surface area contributed by atoms with Gasteiger partial charge in [0.25, 0.3) is 0 Å². The Morgan fingerprint density at radius 1 is 1.62 bits per heavy atom. The van der Waals surface area contributed by atoms with E-state index >= 15 is 0 Å². The molecule has 0 aromatic carbocycles. The van der Waals surface area contributed by atoms with E-state index in [0.29, 0.717) is 0 Å². The molecule has 0 saturated heterocycles. The zero-order chi connectivity index (χ0) is 5.91. The zero-order valence-corrected chi connectivity index (χ0v) is 9.48. The Morgan fingerprint density at radius 3 is 2.00 bits per heavy atom. The Hall–Kier alpha value is 1.24. The summed E-state index contributed by atoms with van der Waals surface area (Å²) in [4.78, 5) is 9.05. The van der Waals surface area contributed by atoms with Crippen LogP contribution in [0.25, 0.3) is 0 Å². The summed E-state index contributed by atoms with van der Waals surface area (Å²) in [6, 6.07) is 0.767. The van der Waals surface area contributed by atoms with Crippen LogP contribution in [0.4, 0.5) is 0 Å². The van der Waals surface area contributed by atoms with Gasteiger partial charge in [0.05, 0.1) is 0 Å². The summed E-state index contributed by atoms with van der Waals surface area (Å²) in [5, 5.41) is 0. The van der Waals surface area contributed by atoms with Crippen molar-refractivity contribution in [3.05, 3.63) is 0 Å². The van der Waals surface area contributed by atoms with Gasteiger partial charge in [0.15, 0.2) is 0 Å². The zero-order valence-electron chi connectivity index (χ0n) is 5.64. The molecule has 4 heteroatoms. The van der Waals surface area contributed by atoms with Crippen molar-refractivity contribution >= 4 is 8.56 Å². The van der Waals surface area contributed by atoms with Crippen LogP contribution >= 0.6 is 0 Å². The maximum atomic E-state index is 9.05. The van der Waals surface area contributed by atoms with Gasteiger partial charge in [-0.25, -0.2) is 0 Å². The molecule has 0 heterocycles. The second kappa shape index (κ2) is 5.06. The number of hydrogen-bond acceptors (Lipinski definition) is 2. The summed E-state index contributed by atoms with van der Waals surface area (Å²) in [6.45, 7) is 3.70. The average Bonchev–Trinajstić information content (AvgIpc) is 1.68. The molecular weight excluding hydrogens is 197 g/mol. The van der Waals surface area contributed by atoms with Gasteiger partial charge in [0.1, 0.15) is 0 Å². The Morgan fingerprint density at radius 2 is 2.00 bits per heavy atom. The van der Waals surface area contributed by atoms with Crippen molar-refractivity contribution in [3.63, 3.8) is 0 Å². The van der Waals surface area contributed by atoms with Gasteiger partial charge in [0, 0.05) is 39.8 Å². The summed E-state index contributed by atoms with van der Waals surface area (Å²) >= 11 is 0. The molecule has 0 bridgehead atoms. The average molecular weight is 209 g/mol. The molecule has 1 atom stereocenters. The van der Waals surface area contributed by atoms with Crippen molar-refractivity contribution in [3.8, 4) is 0 Å². The first-order valence-corrected chi connectivity index (χ1v) is 4.96. The molecule has 1 radical (unpaired) electrons. The van der Waals surface area contributed by atoms with Gasteiger partial charge in [0.2, 0.25) is 0 Å². The minimum absolute atomic E-state index is 0. The number of rotatable bonds is 2. The van der Waals surface area contributed by atoms with Gasteiger partial charge in [-0.2, -0.15) is 0 Å². The Kier molecular flexibility index (Phi) is 7.57. The van der Waals surface area contributed by atoms with Crippen molar-refractivity contribution in [1.29, 1.82) is 0 Å². The predicted octanol–water partition coefficient (Wildman–Crippen LogP) is 0.714. The van der Waals surface area contributed by atoms with Gasteiger partial charge in [-0.05, 0) is 12.6 Å². The molecule has 0 saturated carbocycles. The number of hydrogen-bond donors (Lipinski definition) is 1. The quantitative estimate of drug-likeness (QED) is 0.679. The molecule has 1 N–H and O–H groups in total. The summed E-state index contributed by atoms with van der Waals surface area (Å²) < 4.78 is 4.78. The Labute approximate surface area is 76.8 Å². The summed E-state index contributed by atoms with van der Waals surface area (Å²) in [7, 11) is -0.600. The van der Waals surface area contributed by atoms with Crippen molar-refractivity contribution < 1.29 is 41.9 Å². The van der Waals surface area contributed by atoms with Gasteiger partial charge >= 0.3 is 8.56 Å². The van der Waals surface area contributed by atoms with Crippen LogP contribution in [-0.2, 0) is 37.1 Å². The third-order valence-electron chi connectivity index (χ3n) is 1.10. The molecule has 0 fully saturated rings. The summed E-state index contributed by atoms with van der Waals surface area (Å²) in [6.07, 6.45) is 0. The topological polar surface area (TPSA) is 29.5 Å².